The second-order valence-electron chi connectivity index (χ2n) is 5.73. The first-order valence-electron chi connectivity index (χ1n) is 6.51. The van der Waals surface area contributed by atoms with E-state index in [9.17, 15) is 83.4 Å². The zero-order valence-electron chi connectivity index (χ0n) is 13.5. The summed E-state index contributed by atoms with van der Waals surface area (Å²) in [5.74, 6) is -76.2. The van der Waals surface area contributed by atoms with Gasteiger partial charge in [0, 0.05) is 0 Å². The quantitative estimate of drug-likeness (QED) is 0.324. The van der Waals surface area contributed by atoms with Gasteiger partial charge in [-0.05, 0) is 0 Å². The maximum atomic E-state index is 13.2. The van der Waals surface area contributed by atoms with Crippen molar-refractivity contribution in [3.05, 3.63) is 0 Å². The van der Waals surface area contributed by atoms with Crippen LogP contribution in [0.25, 0.3) is 0 Å². The molecule has 0 unspecified atom stereocenters. The van der Waals surface area contributed by atoms with Gasteiger partial charge in [0.15, 0.2) is 0 Å². The van der Waals surface area contributed by atoms with Crippen LogP contribution >= 0.6 is 0 Å². The van der Waals surface area contributed by atoms with Crippen molar-refractivity contribution in [1.29, 1.82) is 0 Å². The zero-order chi connectivity index (χ0) is 27.0. The molecule has 3 N–H and O–H groups in total. The van der Waals surface area contributed by atoms with E-state index in [0.717, 1.165) is 0 Å². The molecule has 3 nitrogen and oxygen atoms in total. The lowest BCUT2D eigenvalue weighted by Gasteiger charge is -2.44. The Morgan fingerprint density at radius 1 is 0.250 bits per heavy atom. The zero-order valence-corrected chi connectivity index (χ0v) is 13.5. The Hall–Kier alpha value is -1.45. The predicted molar refractivity (Wildman–Crippen MR) is 55.0 cm³/mol. The Morgan fingerprint density at radius 3 is 0.562 bits per heavy atom. The highest BCUT2D eigenvalue weighted by Gasteiger charge is 2.97. The summed E-state index contributed by atoms with van der Waals surface area (Å²) in [6, 6.07) is 0. The maximum Gasteiger partial charge on any atom is 0.460 e. The number of rotatable bonds is 8. The Morgan fingerprint density at radius 2 is 0.406 bits per heavy atom. The van der Waals surface area contributed by atoms with Crippen molar-refractivity contribution in [2.24, 2.45) is 0 Å². The van der Waals surface area contributed by atoms with E-state index in [0.29, 0.717) is 0 Å². The highest BCUT2D eigenvalue weighted by molar-refractivity contribution is 5.17. The summed E-state index contributed by atoms with van der Waals surface area (Å²) < 4.78 is 243. The molecule has 0 bridgehead atoms. The van der Waals surface area contributed by atoms with E-state index in [-0.39, 0.29) is 0 Å². The van der Waals surface area contributed by atoms with Crippen LogP contribution < -0.4 is 0 Å². The van der Waals surface area contributed by atoms with E-state index in [1.54, 1.807) is 0 Å². The average Bonchev–Trinajstić information content (AvgIpc) is 2.51. The molecule has 0 fully saturated rings. The van der Waals surface area contributed by atoms with Gasteiger partial charge in [0.2, 0.25) is 0 Å². The summed E-state index contributed by atoms with van der Waals surface area (Å²) >= 11 is 0. The third-order valence-corrected chi connectivity index (χ3v) is 3.54. The molecule has 194 valence electrons. The molecule has 0 amide bonds. The molecule has 0 aliphatic rings. The minimum Gasteiger partial charge on any atom is -0.339 e. The molecule has 0 atom stereocenters. The number of hydrogen-bond acceptors (Lipinski definition) is 3. The van der Waals surface area contributed by atoms with Crippen LogP contribution in [0.1, 0.15) is 0 Å². The molecule has 0 radical (unpaired) electrons. The normalized spacial score (nSPS) is 17.1. The van der Waals surface area contributed by atoms with Crippen LogP contribution in [0.5, 0.6) is 0 Å². The Balaban J connectivity index is 7.00. The molecule has 0 heterocycles. The summed E-state index contributed by atoms with van der Waals surface area (Å²) in [7, 11) is 0. The number of aliphatic hydroxyl groups is 3. The predicted octanol–water partition coefficient (Wildman–Crippen LogP) is 4.26. The third-order valence-electron chi connectivity index (χ3n) is 3.54. The van der Waals surface area contributed by atoms with E-state index in [1.165, 1.54) is 0 Å². The largest absolute Gasteiger partial charge is 0.460 e. The Bertz CT molecular complexity index is 639. The average molecular weight is 532 g/mol. The van der Waals surface area contributed by atoms with E-state index in [1.807, 2.05) is 0 Å². The second-order valence-corrected chi connectivity index (χ2v) is 5.73. The van der Waals surface area contributed by atoms with Gasteiger partial charge in [-0.25, -0.2) is 0 Å². The molecule has 0 rings (SSSR count). The number of alkyl halides is 19. The lowest BCUT2D eigenvalue weighted by molar-refractivity contribution is -0.498. The van der Waals surface area contributed by atoms with E-state index < -0.39 is 59.5 Å². The van der Waals surface area contributed by atoms with Crippen LogP contribution in [0.4, 0.5) is 83.4 Å². The summed E-state index contributed by atoms with van der Waals surface area (Å²) in [5, 5.41) is 23.5. The van der Waals surface area contributed by atoms with Crippen LogP contribution in [-0.2, 0) is 0 Å². The highest BCUT2D eigenvalue weighted by atomic mass is 19.4. The highest BCUT2D eigenvalue weighted by Crippen LogP contribution is 2.65. The van der Waals surface area contributed by atoms with Gasteiger partial charge in [-0.1, -0.05) is 0 Å². The van der Waals surface area contributed by atoms with Crippen molar-refractivity contribution in [3.63, 3.8) is 0 Å². The van der Waals surface area contributed by atoms with Gasteiger partial charge >= 0.3 is 59.5 Å². The number of halogens is 19. The maximum absolute atomic E-state index is 13.2. The standard InChI is InChI=1S/C10H3F19O3/c11-1(12,3(15,16)5(19,20)7(23,24)9(27,28)29)2(13,14)4(17,18)6(21,22)8(25,26)10(30,31)32/h30-32H. The van der Waals surface area contributed by atoms with Crippen molar-refractivity contribution in [2.75, 3.05) is 0 Å². The van der Waals surface area contributed by atoms with Gasteiger partial charge in [0.1, 0.15) is 0 Å². The molecular weight excluding hydrogens is 529 g/mol. The molecule has 32 heavy (non-hydrogen) atoms. The van der Waals surface area contributed by atoms with E-state index in [2.05, 4.69) is 0 Å². The smallest absolute Gasteiger partial charge is 0.339 e. The topological polar surface area (TPSA) is 60.7 Å². The molecule has 0 spiro atoms. The van der Waals surface area contributed by atoms with Gasteiger partial charge in [0.05, 0.1) is 0 Å². The fraction of sp³-hybridized carbons (Fsp3) is 1.00. The molecule has 22 heteroatoms. The SMILES string of the molecule is OC(O)(O)C(F)(F)C(F)(F)C(F)(F)C(F)(F)C(F)(F)C(F)(F)C(F)(F)C(F)(F)C(F)(F)F. The van der Waals surface area contributed by atoms with Crippen LogP contribution in [0.2, 0.25) is 0 Å². The van der Waals surface area contributed by atoms with Crippen LogP contribution in [0, 0.1) is 0 Å². The molecule has 0 saturated carbocycles. The van der Waals surface area contributed by atoms with Crippen molar-refractivity contribution in [2.45, 2.75) is 59.5 Å². The van der Waals surface area contributed by atoms with Gasteiger partial charge in [-0.3, -0.25) is 0 Å². The van der Waals surface area contributed by atoms with Crippen molar-refractivity contribution >= 4 is 0 Å². The fourth-order valence-electron chi connectivity index (χ4n) is 1.57. The minimum atomic E-state index is -9.12. The third kappa shape index (κ3) is 3.42. The lowest BCUT2D eigenvalue weighted by Crippen LogP contribution is -2.77. The van der Waals surface area contributed by atoms with Gasteiger partial charge in [-0.2, -0.15) is 83.4 Å². The summed E-state index contributed by atoms with van der Waals surface area (Å²) in [5.41, 5.74) is 0. The molecule has 0 saturated heterocycles. The lowest BCUT2D eigenvalue weighted by atomic mass is 9.87. The van der Waals surface area contributed by atoms with Gasteiger partial charge in [0.25, 0.3) is 0 Å². The summed E-state index contributed by atoms with van der Waals surface area (Å²) in [4.78, 5) is 0. The molecular formula is C10H3F19O3. The van der Waals surface area contributed by atoms with Crippen LogP contribution in [-0.4, -0.2) is 74.8 Å². The van der Waals surface area contributed by atoms with Gasteiger partial charge < -0.3 is 15.3 Å². The molecule has 0 aromatic heterocycles. The van der Waals surface area contributed by atoms with Crippen molar-refractivity contribution in [3.8, 4) is 0 Å². The van der Waals surface area contributed by atoms with Crippen LogP contribution in [0.3, 0.4) is 0 Å². The molecule has 0 aromatic rings. The second kappa shape index (κ2) is 7.03. The molecule has 0 aliphatic heterocycles. The fourth-order valence-corrected chi connectivity index (χ4v) is 1.57. The Labute approximate surface area is 160 Å². The summed E-state index contributed by atoms with van der Waals surface area (Å²) in [6.07, 6.45) is -7.98. The first kappa shape index (κ1) is 30.6. The number of hydrogen-bond donors (Lipinski definition) is 3. The van der Waals surface area contributed by atoms with Crippen LogP contribution in [0.15, 0.2) is 0 Å². The Kier molecular flexibility index (Phi) is 6.71. The molecule has 0 aromatic carbocycles. The minimum absolute atomic E-state index is 6.53. The van der Waals surface area contributed by atoms with Gasteiger partial charge in [-0.15, -0.1) is 0 Å². The van der Waals surface area contributed by atoms with Crippen molar-refractivity contribution < 1.29 is 98.7 Å². The first-order valence-corrected chi connectivity index (χ1v) is 6.51. The summed E-state index contributed by atoms with van der Waals surface area (Å²) in [6.45, 7) is 0. The van der Waals surface area contributed by atoms with E-state index >= 15 is 0 Å². The molecule has 0 aliphatic carbocycles. The van der Waals surface area contributed by atoms with E-state index in [4.69, 9.17) is 15.3 Å². The van der Waals surface area contributed by atoms with Crippen molar-refractivity contribution in [1.82, 2.24) is 0 Å². The monoisotopic (exact) mass is 532 g/mol. The first-order chi connectivity index (χ1) is 13.2.